The lowest BCUT2D eigenvalue weighted by Crippen LogP contribution is -2.19. The molecular formula is C25H22N4O5. The topological polar surface area (TPSA) is 119 Å². The number of hydrogen-bond donors (Lipinski definition) is 2. The van der Waals surface area contributed by atoms with Gasteiger partial charge in [-0.05, 0) is 36.2 Å². The maximum absolute atomic E-state index is 13.2. The molecule has 0 bridgehead atoms. The highest BCUT2D eigenvalue weighted by molar-refractivity contribution is 6.11. The Kier molecular flexibility index (Phi) is 6.26. The smallest absolute Gasteiger partial charge is 0.293 e. The molecule has 2 N–H and O–H groups in total. The van der Waals surface area contributed by atoms with E-state index in [0.717, 1.165) is 5.56 Å². The van der Waals surface area contributed by atoms with Gasteiger partial charge in [0.1, 0.15) is 11.2 Å². The number of aromatic nitrogens is 1. The molecule has 0 fully saturated rings. The molecule has 0 saturated carbocycles. The van der Waals surface area contributed by atoms with Crippen LogP contribution in [0.15, 0.2) is 65.8 Å². The molecule has 0 aliphatic heterocycles. The number of nitrogens with zero attached hydrogens (tertiary/aromatic N) is 2. The first-order chi connectivity index (χ1) is 16.4. The first kappa shape index (κ1) is 22.5. The van der Waals surface area contributed by atoms with E-state index in [1.54, 1.807) is 25.1 Å². The van der Waals surface area contributed by atoms with E-state index in [9.17, 15) is 14.9 Å². The number of H-pyrrole nitrogens is 1. The molecule has 1 heterocycles. The van der Waals surface area contributed by atoms with Crippen molar-refractivity contribution < 1.29 is 19.2 Å². The Morgan fingerprint density at radius 3 is 2.53 bits per heavy atom. The Morgan fingerprint density at radius 1 is 1.09 bits per heavy atom. The summed E-state index contributed by atoms with van der Waals surface area (Å²) in [6.07, 6.45) is 1.44. The molecule has 0 aliphatic carbocycles. The normalized spacial score (nSPS) is 11.0. The molecular weight excluding hydrogens is 436 g/mol. The third-order valence-corrected chi connectivity index (χ3v) is 5.32. The van der Waals surface area contributed by atoms with Gasteiger partial charge in [0.15, 0.2) is 11.5 Å². The Morgan fingerprint density at radius 2 is 1.85 bits per heavy atom. The van der Waals surface area contributed by atoms with E-state index >= 15 is 0 Å². The number of rotatable bonds is 7. The van der Waals surface area contributed by atoms with Crippen molar-refractivity contribution in [2.24, 2.45) is 5.10 Å². The number of carbonyl (C=O) groups excluding carboxylic acids is 1. The number of nitro groups is 1. The number of para-hydroxylation sites is 1. The Bertz CT molecular complexity index is 1410. The molecule has 4 rings (SSSR count). The minimum atomic E-state index is -0.542. The van der Waals surface area contributed by atoms with Crippen molar-refractivity contribution in [2.75, 3.05) is 14.2 Å². The quantitative estimate of drug-likeness (QED) is 0.233. The van der Waals surface area contributed by atoms with E-state index in [1.807, 2.05) is 36.4 Å². The average Bonchev–Trinajstić information content (AvgIpc) is 3.22. The van der Waals surface area contributed by atoms with Crippen molar-refractivity contribution in [3.63, 3.8) is 0 Å². The summed E-state index contributed by atoms with van der Waals surface area (Å²) in [5.74, 6) is 0.465. The van der Waals surface area contributed by atoms with Gasteiger partial charge in [0.05, 0.1) is 25.4 Å². The molecule has 172 valence electrons. The highest BCUT2D eigenvalue weighted by atomic mass is 16.6. The third kappa shape index (κ3) is 4.18. The summed E-state index contributed by atoms with van der Waals surface area (Å²) in [5.41, 5.74) is 5.48. The average molecular weight is 458 g/mol. The van der Waals surface area contributed by atoms with Crippen LogP contribution in [-0.2, 0) is 0 Å². The molecule has 0 radical (unpaired) electrons. The Hall–Kier alpha value is -4.66. The largest absolute Gasteiger partial charge is 0.493 e. The third-order valence-electron chi connectivity index (χ3n) is 5.32. The van der Waals surface area contributed by atoms with Crippen LogP contribution >= 0.6 is 0 Å². The van der Waals surface area contributed by atoms with Crippen molar-refractivity contribution in [1.82, 2.24) is 10.4 Å². The van der Waals surface area contributed by atoms with Gasteiger partial charge in [-0.1, -0.05) is 36.4 Å². The van der Waals surface area contributed by atoms with Crippen molar-refractivity contribution in [3.8, 4) is 22.6 Å². The lowest BCUT2D eigenvalue weighted by atomic mass is 10.00. The van der Waals surface area contributed by atoms with E-state index in [1.165, 1.54) is 26.5 Å². The number of methoxy groups -OCH3 is 2. The van der Waals surface area contributed by atoms with Crippen molar-refractivity contribution >= 4 is 28.7 Å². The highest BCUT2D eigenvalue weighted by Gasteiger charge is 2.24. The number of aryl methyl sites for hydroxylation is 1. The van der Waals surface area contributed by atoms with Crippen LogP contribution in [0.1, 0.15) is 21.6 Å². The number of benzene rings is 3. The zero-order chi connectivity index (χ0) is 24.2. The lowest BCUT2D eigenvalue weighted by Gasteiger charge is -2.09. The maximum Gasteiger partial charge on any atom is 0.293 e. The maximum atomic E-state index is 13.2. The summed E-state index contributed by atoms with van der Waals surface area (Å²) in [6.45, 7) is 1.78. The van der Waals surface area contributed by atoms with E-state index in [-0.39, 0.29) is 16.9 Å². The number of non-ortho nitro benzene ring substituents is 1. The fourth-order valence-electron chi connectivity index (χ4n) is 3.87. The van der Waals surface area contributed by atoms with Gasteiger partial charge in [0.2, 0.25) is 0 Å². The second-order valence-electron chi connectivity index (χ2n) is 7.49. The van der Waals surface area contributed by atoms with E-state index in [2.05, 4.69) is 15.5 Å². The zero-order valence-corrected chi connectivity index (χ0v) is 18.8. The van der Waals surface area contributed by atoms with Crippen molar-refractivity contribution in [2.45, 2.75) is 6.92 Å². The molecule has 0 atom stereocenters. The fraction of sp³-hybridized carbons (Fsp3) is 0.120. The second-order valence-corrected chi connectivity index (χ2v) is 7.49. The molecule has 0 aliphatic rings. The Balaban J connectivity index is 1.77. The van der Waals surface area contributed by atoms with E-state index in [0.29, 0.717) is 33.6 Å². The molecule has 0 saturated heterocycles. The number of aromatic amines is 1. The number of amides is 1. The molecule has 0 spiro atoms. The highest BCUT2D eigenvalue weighted by Crippen LogP contribution is 2.37. The van der Waals surface area contributed by atoms with Crippen molar-refractivity contribution in [3.05, 3.63) is 87.6 Å². The minimum absolute atomic E-state index is 0.101. The van der Waals surface area contributed by atoms with Gasteiger partial charge in [-0.25, -0.2) is 5.43 Å². The van der Waals surface area contributed by atoms with Crippen LogP contribution in [0.3, 0.4) is 0 Å². The van der Waals surface area contributed by atoms with Crippen LogP contribution in [0.4, 0.5) is 5.69 Å². The minimum Gasteiger partial charge on any atom is -0.493 e. The molecule has 1 amide bonds. The van der Waals surface area contributed by atoms with Crippen LogP contribution in [0.5, 0.6) is 11.5 Å². The van der Waals surface area contributed by atoms with Gasteiger partial charge < -0.3 is 14.5 Å². The number of hydrogen-bond acceptors (Lipinski definition) is 6. The molecule has 9 heteroatoms. The predicted octanol–water partition coefficient (Wildman–Crippen LogP) is 4.83. The summed E-state index contributed by atoms with van der Waals surface area (Å²) in [7, 11) is 3.04. The molecule has 1 aromatic heterocycles. The van der Waals surface area contributed by atoms with E-state index in [4.69, 9.17) is 9.47 Å². The summed E-state index contributed by atoms with van der Waals surface area (Å²) in [6, 6.07) is 17.8. The monoisotopic (exact) mass is 458 g/mol. The van der Waals surface area contributed by atoms with Crippen LogP contribution < -0.4 is 14.9 Å². The number of fused-ring (bicyclic) bond motifs is 1. The van der Waals surface area contributed by atoms with Gasteiger partial charge in [-0.3, -0.25) is 14.9 Å². The van der Waals surface area contributed by atoms with Gasteiger partial charge in [0, 0.05) is 22.6 Å². The second kappa shape index (κ2) is 9.45. The van der Waals surface area contributed by atoms with Gasteiger partial charge in [-0.15, -0.1) is 0 Å². The number of nitrogens with one attached hydrogen (secondary N) is 2. The standard InChI is InChI=1S/C25H22N4O5/c1-15-12-18-21(16-8-5-4-6-9-16)23(27-22(18)19(13-15)29(31)32)25(30)28-26-14-17-10-7-11-20(33-2)24(17)34-3/h4-14,27H,1-3H3,(H,28,30)/b26-14-. The summed E-state index contributed by atoms with van der Waals surface area (Å²) >= 11 is 0. The molecule has 9 nitrogen and oxygen atoms in total. The van der Waals surface area contributed by atoms with Crippen LogP contribution in [0.2, 0.25) is 0 Å². The first-order valence-corrected chi connectivity index (χ1v) is 10.3. The SMILES string of the molecule is COc1cccc(/C=N\NC(=O)c2[nH]c3c([N+](=O)[O-])cc(C)cc3c2-c2ccccc2)c1OC. The van der Waals surface area contributed by atoms with Gasteiger partial charge >= 0.3 is 0 Å². The predicted molar refractivity (Wildman–Crippen MR) is 130 cm³/mol. The fourth-order valence-corrected chi connectivity index (χ4v) is 3.87. The number of hydrazone groups is 1. The summed E-state index contributed by atoms with van der Waals surface area (Å²) < 4.78 is 10.7. The van der Waals surface area contributed by atoms with Gasteiger partial charge in [0.25, 0.3) is 11.6 Å². The molecule has 3 aromatic carbocycles. The molecule has 34 heavy (non-hydrogen) atoms. The van der Waals surface area contributed by atoms with Gasteiger partial charge in [-0.2, -0.15) is 5.10 Å². The number of nitro benzene ring substituents is 1. The number of ether oxygens (including phenoxy) is 2. The molecule has 4 aromatic rings. The summed E-state index contributed by atoms with van der Waals surface area (Å²) in [5, 5.41) is 16.3. The zero-order valence-electron chi connectivity index (χ0n) is 18.8. The van der Waals surface area contributed by atoms with Crippen molar-refractivity contribution in [1.29, 1.82) is 0 Å². The number of carbonyl (C=O) groups is 1. The Labute approximate surface area is 195 Å². The van der Waals surface area contributed by atoms with Crippen LogP contribution in [-0.4, -0.2) is 36.2 Å². The molecule has 0 unspecified atom stereocenters. The van der Waals surface area contributed by atoms with Crippen LogP contribution in [0, 0.1) is 17.0 Å². The first-order valence-electron chi connectivity index (χ1n) is 10.3. The van der Waals surface area contributed by atoms with Crippen LogP contribution in [0.25, 0.3) is 22.0 Å². The lowest BCUT2D eigenvalue weighted by molar-refractivity contribution is -0.383. The summed E-state index contributed by atoms with van der Waals surface area (Å²) in [4.78, 5) is 27.3. The van der Waals surface area contributed by atoms with E-state index < -0.39 is 10.8 Å².